The number of phenols is 1. The minimum absolute atomic E-state index is 0.0324. The first kappa shape index (κ1) is 14.8. The fourth-order valence-electron chi connectivity index (χ4n) is 2.34. The smallest absolute Gasteiger partial charge is 0.255 e. The van der Waals surface area contributed by atoms with Gasteiger partial charge in [0.1, 0.15) is 11.9 Å². The number of amides is 1. The summed E-state index contributed by atoms with van der Waals surface area (Å²) in [7, 11) is 0. The Morgan fingerprint density at radius 1 is 1.55 bits per heavy atom. The van der Waals surface area contributed by atoms with E-state index in [1.807, 2.05) is 6.92 Å². The van der Waals surface area contributed by atoms with Crippen LogP contribution in [0.15, 0.2) is 18.2 Å². The molecule has 2 atom stereocenters. The van der Waals surface area contributed by atoms with Crippen molar-refractivity contribution in [1.29, 1.82) is 0 Å². The number of aryl methyl sites for hydroxylation is 1. The molecule has 2 N–H and O–H groups in total. The number of phenolic OH excluding ortho intramolecular Hbond substituents is 1. The van der Waals surface area contributed by atoms with Crippen molar-refractivity contribution in [2.45, 2.75) is 32.4 Å². The van der Waals surface area contributed by atoms with Crippen LogP contribution in [0.4, 0.5) is 0 Å². The molecule has 5 nitrogen and oxygen atoms in total. The summed E-state index contributed by atoms with van der Waals surface area (Å²) in [4.78, 5) is 12.3. The molecule has 0 unspecified atom stereocenters. The lowest BCUT2D eigenvalue weighted by Crippen LogP contribution is -2.50. The number of aromatic hydroxyl groups is 1. The van der Waals surface area contributed by atoms with Gasteiger partial charge < -0.3 is 19.9 Å². The van der Waals surface area contributed by atoms with Gasteiger partial charge in [0.2, 0.25) is 0 Å². The van der Waals surface area contributed by atoms with Crippen molar-refractivity contribution in [1.82, 2.24) is 5.32 Å². The Labute approximate surface area is 118 Å². The van der Waals surface area contributed by atoms with Crippen LogP contribution in [0.1, 0.15) is 29.3 Å². The molecule has 5 heteroatoms. The first-order valence-electron chi connectivity index (χ1n) is 6.92. The topological polar surface area (TPSA) is 67.8 Å². The molecule has 0 bridgehead atoms. The highest BCUT2D eigenvalue weighted by molar-refractivity contribution is 5.97. The van der Waals surface area contributed by atoms with Crippen LogP contribution in [0.2, 0.25) is 0 Å². The molecule has 0 radical (unpaired) electrons. The maximum atomic E-state index is 12.3. The highest BCUT2D eigenvalue weighted by atomic mass is 16.5. The lowest BCUT2D eigenvalue weighted by Gasteiger charge is -2.31. The number of hydrogen-bond donors (Lipinski definition) is 2. The van der Waals surface area contributed by atoms with Gasteiger partial charge in [-0.1, -0.05) is 12.1 Å². The molecule has 1 aliphatic heterocycles. The number of hydrogen-bond acceptors (Lipinski definition) is 4. The van der Waals surface area contributed by atoms with Gasteiger partial charge in [-0.25, -0.2) is 0 Å². The van der Waals surface area contributed by atoms with Gasteiger partial charge in [0.05, 0.1) is 18.2 Å². The molecule has 0 aromatic heterocycles. The predicted octanol–water partition coefficient (Wildman–Crippen LogP) is 1.62. The lowest BCUT2D eigenvalue weighted by atomic mass is 10.0. The zero-order valence-corrected chi connectivity index (χ0v) is 11.9. The van der Waals surface area contributed by atoms with Crippen LogP contribution in [-0.2, 0) is 9.47 Å². The Morgan fingerprint density at radius 2 is 2.35 bits per heavy atom. The molecule has 0 saturated carbocycles. The SMILES string of the molecule is CCO[C@@H]1COCC[C@H]1NC(=O)c1cccc(C)c1O. The third-order valence-electron chi connectivity index (χ3n) is 3.48. The summed E-state index contributed by atoms with van der Waals surface area (Å²) in [5.41, 5.74) is 0.984. The maximum Gasteiger partial charge on any atom is 0.255 e. The number of para-hydroxylation sites is 1. The molecule has 1 aromatic rings. The number of carbonyl (C=O) groups is 1. The molecule has 0 spiro atoms. The highest BCUT2D eigenvalue weighted by Crippen LogP contribution is 2.22. The Kier molecular flexibility index (Phi) is 4.98. The minimum atomic E-state index is -0.275. The Hall–Kier alpha value is -1.59. The minimum Gasteiger partial charge on any atom is -0.507 e. The number of benzene rings is 1. The van der Waals surface area contributed by atoms with Gasteiger partial charge in [-0.15, -0.1) is 0 Å². The largest absolute Gasteiger partial charge is 0.507 e. The molecule has 1 saturated heterocycles. The maximum absolute atomic E-state index is 12.3. The molecule has 1 amide bonds. The van der Waals surface area contributed by atoms with Gasteiger partial charge in [0.15, 0.2) is 0 Å². The van der Waals surface area contributed by atoms with E-state index in [1.165, 1.54) is 0 Å². The molecule has 1 aromatic carbocycles. The first-order valence-corrected chi connectivity index (χ1v) is 6.92. The van der Waals surface area contributed by atoms with Crippen molar-refractivity contribution in [2.24, 2.45) is 0 Å². The van der Waals surface area contributed by atoms with E-state index in [1.54, 1.807) is 25.1 Å². The Balaban J connectivity index is 2.07. The summed E-state index contributed by atoms with van der Waals surface area (Å²) in [6, 6.07) is 5.06. The average Bonchev–Trinajstić information content (AvgIpc) is 2.44. The van der Waals surface area contributed by atoms with E-state index >= 15 is 0 Å². The molecule has 110 valence electrons. The number of rotatable bonds is 4. The lowest BCUT2D eigenvalue weighted by molar-refractivity contribution is -0.0632. The summed E-state index contributed by atoms with van der Waals surface area (Å²) in [6.45, 7) is 5.35. The Bertz CT molecular complexity index is 473. The van der Waals surface area contributed by atoms with Crippen LogP contribution in [0, 0.1) is 6.92 Å². The third kappa shape index (κ3) is 3.29. The summed E-state index contributed by atoms with van der Waals surface area (Å²) in [5.74, 6) is -0.243. The molecule has 1 heterocycles. The molecule has 1 fully saturated rings. The second kappa shape index (κ2) is 6.72. The van der Waals surface area contributed by atoms with Crippen LogP contribution >= 0.6 is 0 Å². The molecule has 20 heavy (non-hydrogen) atoms. The van der Waals surface area contributed by atoms with Crippen LogP contribution < -0.4 is 5.32 Å². The molecule has 2 rings (SSSR count). The highest BCUT2D eigenvalue weighted by Gasteiger charge is 2.28. The van der Waals surface area contributed by atoms with E-state index in [0.29, 0.717) is 37.4 Å². The van der Waals surface area contributed by atoms with Crippen LogP contribution in [0.3, 0.4) is 0 Å². The average molecular weight is 279 g/mol. The van der Waals surface area contributed by atoms with Gasteiger partial charge in [0.25, 0.3) is 5.91 Å². The second-order valence-electron chi connectivity index (χ2n) is 4.91. The molecular formula is C15H21NO4. The summed E-state index contributed by atoms with van der Waals surface area (Å²) >= 11 is 0. The monoisotopic (exact) mass is 279 g/mol. The van der Waals surface area contributed by atoms with Crippen LogP contribution in [0.5, 0.6) is 5.75 Å². The Morgan fingerprint density at radius 3 is 3.10 bits per heavy atom. The standard InChI is InChI=1S/C15H21NO4/c1-3-20-13-9-19-8-7-12(13)16-15(18)11-6-4-5-10(2)14(11)17/h4-6,12-13,17H,3,7-9H2,1-2H3,(H,16,18)/t12-,13-/m1/s1. The fourth-order valence-corrected chi connectivity index (χ4v) is 2.34. The molecular weight excluding hydrogens is 258 g/mol. The van der Waals surface area contributed by atoms with E-state index < -0.39 is 0 Å². The van der Waals surface area contributed by atoms with Crippen LogP contribution in [-0.4, -0.2) is 43.0 Å². The van der Waals surface area contributed by atoms with Crippen molar-refractivity contribution < 1.29 is 19.4 Å². The summed E-state index contributed by atoms with van der Waals surface area (Å²) in [6.07, 6.45) is 0.577. The van der Waals surface area contributed by atoms with E-state index in [0.717, 1.165) is 0 Å². The van der Waals surface area contributed by atoms with Gasteiger partial charge >= 0.3 is 0 Å². The van der Waals surface area contributed by atoms with Crippen molar-refractivity contribution in [2.75, 3.05) is 19.8 Å². The van der Waals surface area contributed by atoms with E-state index in [9.17, 15) is 9.90 Å². The van der Waals surface area contributed by atoms with Crippen LogP contribution in [0.25, 0.3) is 0 Å². The number of nitrogens with one attached hydrogen (secondary N) is 1. The van der Waals surface area contributed by atoms with E-state index in [2.05, 4.69) is 5.32 Å². The zero-order valence-electron chi connectivity index (χ0n) is 11.9. The first-order chi connectivity index (χ1) is 9.63. The van der Waals surface area contributed by atoms with E-state index in [4.69, 9.17) is 9.47 Å². The van der Waals surface area contributed by atoms with Gasteiger partial charge in [-0.05, 0) is 31.9 Å². The van der Waals surface area contributed by atoms with Crippen molar-refractivity contribution in [3.63, 3.8) is 0 Å². The normalized spacial score (nSPS) is 22.5. The zero-order chi connectivity index (χ0) is 14.5. The summed E-state index contributed by atoms with van der Waals surface area (Å²) < 4.78 is 11.0. The van der Waals surface area contributed by atoms with Gasteiger partial charge in [-0.3, -0.25) is 4.79 Å². The third-order valence-corrected chi connectivity index (χ3v) is 3.48. The van der Waals surface area contributed by atoms with Crippen molar-refractivity contribution in [3.8, 4) is 5.75 Å². The van der Waals surface area contributed by atoms with Crippen molar-refractivity contribution in [3.05, 3.63) is 29.3 Å². The predicted molar refractivity (Wildman–Crippen MR) is 74.9 cm³/mol. The second-order valence-corrected chi connectivity index (χ2v) is 4.91. The van der Waals surface area contributed by atoms with Gasteiger partial charge in [0, 0.05) is 13.2 Å². The number of carbonyl (C=O) groups excluding carboxylic acids is 1. The quantitative estimate of drug-likeness (QED) is 0.879. The van der Waals surface area contributed by atoms with Gasteiger partial charge in [-0.2, -0.15) is 0 Å². The van der Waals surface area contributed by atoms with E-state index in [-0.39, 0.29) is 23.8 Å². The number of ether oxygens (including phenoxy) is 2. The molecule has 0 aliphatic carbocycles. The fraction of sp³-hybridized carbons (Fsp3) is 0.533. The summed E-state index contributed by atoms with van der Waals surface area (Å²) in [5, 5.41) is 12.9. The molecule has 1 aliphatic rings. The van der Waals surface area contributed by atoms with Crippen molar-refractivity contribution >= 4 is 5.91 Å².